The molecule has 0 bridgehead atoms. The third kappa shape index (κ3) is 5.18. The highest BCUT2D eigenvalue weighted by Gasteiger charge is 2.31. The molecule has 4 rings (SSSR count). The van der Waals surface area contributed by atoms with Gasteiger partial charge in [-0.1, -0.05) is 55.5 Å². The molecule has 33 heavy (non-hydrogen) atoms. The van der Waals surface area contributed by atoms with Crippen molar-refractivity contribution in [2.45, 2.75) is 40.6 Å². The van der Waals surface area contributed by atoms with Gasteiger partial charge in [-0.15, -0.1) is 0 Å². The van der Waals surface area contributed by atoms with Crippen LogP contribution in [0.4, 0.5) is 4.39 Å². The van der Waals surface area contributed by atoms with E-state index < -0.39 is 11.6 Å². The van der Waals surface area contributed by atoms with Crippen molar-refractivity contribution in [3.8, 4) is 0 Å². The van der Waals surface area contributed by atoms with E-state index in [-0.39, 0.29) is 16.7 Å². The summed E-state index contributed by atoms with van der Waals surface area (Å²) in [5.74, 6) is -0.708. The Morgan fingerprint density at radius 3 is 1.73 bits per heavy atom. The number of halogens is 1. The number of esters is 1. The van der Waals surface area contributed by atoms with Crippen LogP contribution in [0.25, 0.3) is 0 Å². The van der Waals surface area contributed by atoms with Crippen LogP contribution in [-0.2, 0) is 21.2 Å². The summed E-state index contributed by atoms with van der Waals surface area (Å²) >= 11 is 0. The van der Waals surface area contributed by atoms with Crippen molar-refractivity contribution in [1.29, 1.82) is 0 Å². The zero-order valence-electron chi connectivity index (χ0n) is 18.7. The fourth-order valence-corrected chi connectivity index (χ4v) is 5.73. The first-order valence-corrected chi connectivity index (χ1v) is 12.2. The molecular formula is C29H26FO2S+. The Morgan fingerprint density at radius 1 is 0.758 bits per heavy atom. The zero-order chi connectivity index (χ0) is 23.3. The predicted molar refractivity (Wildman–Crippen MR) is 131 cm³/mol. The van der Waals surface area contributed by atoms with Gasteiger partial charge in [-0.05, 0) is 79.6 Å². The van der Waals surface area contributed by atoms with Crippen molar-refractivity contribution in [2.24, 2.45) is 0 Å². The summed E-state index contributed by atoms with van der Waals surface area (Å²) in [4.78, 5) is 16.5. The van der Waals surface area contributed by atoms with Crippen molar-refractivity contribution in [1.82, 2.24) is 0 Å². The second-order valence-electron chi connectivity index (χ2n) is 7.94. The lowest BCUT2D eigenvalue weighted by Crippen LogP contribution is -2.28. The Balaban J connectivity index is 1.60. The van der Waals surface area contributed by atoms with Gasteiger partial charge >= 0.3 is 5.97 Å². The Bertz CT molecular complexity index is 1150. The number of benzene rings is 4. The van der Waals surface area contributed by atoms with Crippen molar-refractivity contribution in [3.05, 3.63) is 126 Å². The Morgan fingerprint density at radius 2 is 1.24 bits per heavy atom. The molecule has 2 nitrogen and oxygen atoms in total. The molecular weight excluding hydrogens is 431 g/mol. The van der Waals surface area contributed by atoms with E-state index >= 15 is 0 Å². The minimum atomic E-state index is -0.832. The normalized spacial score (nSPS) is 12.8. The van der Waals surface area contributed by atoms with Crippen molar-refractivity contribution >= 4 is 16.9 Å². The molecule has 0 N–H and O–H groups in total. The van der Waals surface area contributed by atoms with Crippen LogP contribution in [0.15, 0.2) is 124 Å². The molecule has 0 spiro atoms. The van der Waals surface area contributed by atoms with Gasteiger partial charge < -0.3 is 4.74 Å². The van der Waals surface area contributed by atoms with Gasteiger partial charge in [0.15, 0.2) is 14.7 Å². The first-order chi connectivity index (χ1) is 16.0. The minimum Gasteiger partial charge on any atom is -0.451 e. The first kappa shape index (κ1) is 22.8. The van der Waals surface area contributed by atoms with Crippen LogP contribution in [0.2, 0.25) is 0 Å². The predicted octanol–water partition coefficient (Wildman–Crippen LogP) is 7.40. The molecule has 4 aromatic rings. The molecule has 4 heteroatoms. The summed E-state index contributed by atoms with van der Waals surface area (Å²) in [7, 11) is -0.276. The molecule has 166 valence electrons. The number of hydrogen-bond donors (Lipinski definition) is 0. The molecule has 1 atom stereocenters. The largest absolute Gasteiger partial charge is 0.451 e. The molecule has 0 aliphatic rings. The zero-order valence-corrected chi connectivity index (χ0v) is 19.5. The highest BCUT2D eigenvalue weighted by atomic mass is 32.2. The molecule has 0 saturated heterocycles. The standard InChI is InChI=1S/C29H26FO2S/c1-3-29(2,23-16-18-24(30)19-17-23)32-28(31)22-14-20-27(21-15-22)33(25-10-6-4-7-11-25)26-12-8-5-9-13-26/h4-21H,3H2,1-2H3/q+1. The van der Waals surface area contributed by atoms with Gasteiger partial charge in [0.05, 0.1) is 16.5 Å². The molecule has 0 aromatic heterocycles. The summed E-state index contributed by atoms with van der Waals surface area (Å²) < 4.78 is 19.3. The second kappa shape index (κ2) is 10.1. The minimum absolute atomic E-state index is 0.276. The van der Waals surface area contributed by atoms with Gasteiger partial charge in [0.1, 0.15) is 11.4 Å². The van der Waals surface area contributed by atoms with E-state index in [4.69, 9.17) is 4.74 Å². The van der Waals surface area contributed by atoms with Crippen molar-refractivity contribution in [2.75, 3.05) is 0 Å². The average molecular weight is 458 g/mol. The topological polar surface area (TPSA) is 26.3 Å². The molecule has 0 radical (unpaired) electrons. The van der Waals surface area contributed by atoms with Crippen molar-refractivity contribution < 1.29 is 13.9 Å². The molecule has 4 aromatic carbocycles. The molecule has 0 fully saturated rings. The number of carbonyl (C=O) groups is 1. The Kier molecular flexibility index (Phi) is 6.95. The van der Waals surface area contributed by atoms with E-state index in [9.17, 15) is 9.18 Å². The smallest absolute Gasteiger partial charge is 0.339 e. The third-order valence-corrected chi connectivity index (χ3v) is 7.96. The van der Waals surface area contributed by atoms with E-state index in [2.05, 4.69) is 24.3 Å². The Hall–Kier alpha value is -3.37. The lowest BCUT2D eigenvalue weighted by molar-refractivity contribution is -0.0141. The third-order valence-electron chi connectivity index (χ3n) is 5.73. The number of rotatable bonds is 7. The van der Waals surface area contributed by atoms with E-state index in [0.29, 0.717) is 12.0 Å². The monoisotopic (exact) mass is 457 g/mol. The number of carbonyl (C=O) groups excluding carboxylic acids is 1. The molecule has 0 amide bonds. The van der Waals surface area contributed by atoms with E-state index in [1.807, 2.05) is 74.5 Å². The van der Waals surface area contributed by atoms with Crippen LogP contribution in [0.5, 0.6) is 0 Å². The highest BCUT2D eigenvalue weighted by molar-refractivity contribution is 7.97. The fraction of sp³-hybridized carbons (Fsp3) is 0.138. The van der Waals surface area contributed by atoms with Crippen LogP contribution >= 0.6 is 0 Å². The van der Waals surface area contributed by atoms with Gasteiger partial charge in [0.25, 0.3) is 0 Å². The molecule has 1 unspecified atom stereocenters. The Labute approximate surface area is 197 Å². The van der Waals surface area contributed by atoms with E-state index in [1.165, 1.54) is 21.9 Å². The summed E-state index contributed by atoms with van der Waals surface area (Å²) in [6, 6.07) is 34.5. The maximum atomic E-state index is 13.3. The van der Waals surface area contributed by atoms with Crippen LogP contribution in [0.3, 0.4) is 0 Å². The van der Waals surface area contributed by atoms with Crippen LogP contribution in [0, 0.1) is 5.82 Å². The van der Waals surface area contributed by atoms with E-state index in [0.717, 1.165) is 10.5 Å². The van der Waals surface area contributed by atoms with Crippen LogP contribution in [0.1, 0.15) is 36.2 Å². The van der Waals surface area contributed by atoms with Gasteiger partial charge in [-0.3, -0.25) is 0 Å². The fourth-order valence-electron chi connectivity index (χ4n) is 3.65. The number of ether oxygens (including phenoxy) is 1. The maximum Gasteiger partial charge on any atom is 0.339 e. The maximum absolute atomic E-state index is 13.3. The lowest BCUT2D eigenvalue weighted by atomic mass is 9.93. The van der Waals surface area contributed by atoms with Gasteiger partial charge in [0.2, 0.25) is 0 Å². The second-order valence-corrected chi connectivity index (χ2v) is 9.96. The molecule has 0 heterocycles. The lowest BCUT2D eigenvalue weighted by Gasteiger charge is -2.29. The van der Waals surface area contributed by atoms with Gasteiger partial charge in [0, 0.05) is 0 Å². The van der Waals surface area contributed by atoms with Gasteiger partial charge in [-0.2, -0.15) is 0 Å². The number of hydrogen-bond acceptors (Lipinski definition) is 2. The summed E-state index contributed by atoms with van der Waals surface area (Å²) in [5, 5.41) is 0. The van der Waals surface area contributed by atoms with E-state index in [1.54, 1.807) is 12.1 Å². The first-order valence-electron chi connectivity index (χ1n) is 10.9. The molecule has 0 saturated carbocycles. The van der Waals surface area contributed by atoms with Gasteiger partial charge in [-0.25, -0.2) is 9.18 Å². The summed E-state index contributed by atoms with van der Waals surface area (Å²) in [6.07, 6.45) is 0.577. The van der Waals surface area contributed by atoms with Crippen LogP contribution in [-0.4, -0.2) is 5.97 Å². The van der Waals surface area contributed by atoms with Crippen LogP contribution < -0.4 is 0 Å². The SMILES string of the molecule is CCC(C)(OC(=O)c1ccc([S+](c2ccccc2)c2ccccc2)cc1)c1ccc(F)cc1. The van der Waals surface area contributed by atoms with Crippen molar-refractivity contribution in [3.63, 3.8) is 0 Å². The molecule has 0 aliphatic heterocycles. The summed E-state index contributed by atoms with van der Waals surface area (Å²) in [6.45, 7) is 3.81. The summed E-state index contributed by atoms with van der Waals surface area (Å²) in [5.41, 5.74) is 0.429. The average Bonchev–Trinajstić information content (AvgIpc) is 2.86. The highest BCUT2D eigenvalue weighted by Crippen LogP contribution is 2.33. The quantitative estimate of drug-likeness (QED) is 0.213. The molecule has 0 aliphatic carbocycles.